The zero-order valence-electron chi connectivity index (χ0n) is 53.1. The summed E-state index contributed by atoms with van der Waals surface area (Å²) in [6, 6.07) is 144. The number of hydrogen-bond acceptors (Lipinski definition) is 4. The standard InChI is InChI=1S/2C44H32P2.ClHO4.Rh/c2*1-5-19-35(20-6-1)45(36-21-7-2-8-22-36)41-31-29-33-17-13-15-27-39(33)43(41)44-40-28-16-14-18-34(40)30-32-42(44)46(37-23-9-3-10-24-37)38-25-11-4-12-26-38;2-1(3,4)5;/h2*1-32H;(H,2,3,4,5);/p-1. The Bertz CT molecular complexity index is 4480. The number of halogens is 1. The van der Waals surface area contributed by atoms with E-state index in [0.29, 0.717) is 0 Å². The third-order valence-electron chi connectivity index (χ3n) is 17.2. The molecule has 0 saturated carbocycles. The van der Waals surface area contributed by atoms with Gasteiger partial charge in [0.05, 0.1) is 0 Å². The van der Waals surface area contributed by atoms with Crippen LogP contribution in [0.5, 0.6) is 0 Å². The second-order valence-electron chi connectivity index (χ2n) is 23.1. The normalized spacial score (nSPS) is 11.3. The molecular formula is C88H64ClO4P4Rh-. The Labute approximate surface area is 592 Å². The van der Waals surface area contributed by atoms with Crippen LogP contribution in [0.25, 0.3) is 65.3 Å². The maximum atomic E-state index is 8.49. The van der Waals surface area contributed by atoms with Crippen LogP contribution in [0, 0.1) is 10.2 Å². The van der Waals surface area contributed by atoms with Crippen molar-refractivity contribution >= 4 is 138 Å². The van der Waals surface area contributed by atoms with E-state index in [-0.39, 0.29) is 19.5 Å². The maximum Gasteiger partial charge on any atom is 0 e. The summed E-state index contributed by atoms with van der Waals surface area (Å²) in [5.74, 6) is 0. The van der Waals surface area contributed by atoms with E-state index in [4.69, 9.17) is 18.6 Å². The van der Waals surface area contributed by atoms with E-state index in [1.165, 1.54) is 129 Å². The third-order valence-corrected chi connectivity index (χ3v) is 27.1. The Morgan fingerprint density at radius 3 is 0.449 bits per heavy atom. The Morgan fingerprint density at radius 1 is 0.163 bits per heavy atom. The first kappa shape index (κ1) is 67.6. The van der Waals surface area contributed by atoms with Crippen LogP contribution in [0.2, 0.25) is 0 Å². The van der Waals surface area contributed by atoms with Crippen LogP contribution in [-0.2, 0) is 19.5 Å². The largest absolute Gasteiger partial charge is 0.222 e. The van der Waals surface area contributed by atoms with Crippen LogP contribution in [0.3, 0.4) is 0 Å². The summed E-state index contributed by atoms with van der Waals surface area (Å²) in [5.41, 5.74) is 5.40. The molecule has 0 aliphatic carbocycles. The van der Waals surface area contributed by atoms with Gasteiger partial charge >= 0.3 is 0 Å². The van der Waals surface area contributed by atoms with Crippen molar-refractivity contribution < 1.29 is 48.4 Å². The molecular weight excluding hydrogens is 1380 g/mol. The summed E-state index contributed by atoms with van der Waals surface area (Å²) in [6.07, 6.45) is 0. The van der Waals surface area contributed by atoms with Crippen molar-refractivity contribution in [1.82, 2.24) is 0 Å². The molecule has 0 atom stereocenters. The molecule has 16 aromatic carbocycles. The van der Waals surface area contributed by atoms with Gasteiger partial charge in [-0.25, -0.2) is 18.6 Å². The van der Waals surface area contributed by atoms with Gasteiger partial charge in [0.15, 0.2) is 0 Å². The molecule has 0 heterocycles. The van der Waals surface area contributed by atoms with E-state index in [0.717, 1.165) is 0 Å². The molecule has 0 aliphatic heterocycles. The van der Waals surface area contributed by atoms with E-state index in [1.807, 2.05) is 0 Å². The third kappa shape index (κ3) is 15.0. The summed E-state index contributed by atoms with van der Waals surface area (Å²) in [6.45, 7) is 0. The summed E-state index contributed by atoms with van der Waals surface area (Å²) in [4.78, 5) is 0. The van der Waals surface area contributed by atoms with E-state index < -0.39 is 41.9 Å². The molecule has 0 amide bonds. The van der Waals surface area contributed by atoms with Crippen LogP contribution in [0.4, 0.5) is 0 Å². The Morgan fingerprint density at radius 2 is 0.296 bits per heavy atom. The first-order valence-corrected chi connectivity index (χ1v) is 38.6. The predicted molar refractivity (Wildman–Crippen MR) is 409 cm³/mol. The van der Waals surface area contributed by atoms with Crippen LogP contribution < -0.4 is 82.3 Å². The molecule has 98 heavy (non-hydrogen) atoms. The van der Waals surface area contributed by atoms with Crippen molar-refractivity contribution in [2.75, 3.05) is 0 Å². The molecule has 0 fully saturated rings. The van der Waals surface area contributed by atoms with Gasteiger partial charge < -0.3 is 0 Å². The molecule has 0 unspecified atom stereocenters. The molecule has 0 spiro atoms. The smallest absolute Gasteiger partial charge is 0 e. The Hall–Kier alpha value is -8.97. The van der Waals surface area contributed by atoms with E-state index in [2.05, 4.69) is 388 Å². The minimum Gasteiger partial charge on any atom is -0.222 e. The van der Waals surface area contributed by atoms with Crippen molar-refractivity contribution in [3.63, 3.8) is 0 Å². The van der Waals surface area contributed by atoms with Gasteiger partial charge in [0, 0.05) is 19.5 Å². The topological polar surface area (TPSA) is 92.2 Å². The zero-order chi connectivity index (χ0) is 65.9. The van der Waals surface area contributed by atoms with Crippen molar-refractivity contribution in [2.45, 2.75) is 0 Å². The zero-order valence-corrected chi connectivity index (χ0v) is 59.1. The van der Waals surface area contributed by atoms with Gasteiger partial charge in [-0.05, 0) is 161 Å². The Kier molecular flexibility index (Phi) is 21.9. The quantitative estimate of drug-likeness (QED) is 0.0801. The average Bonchev–Trinajstić information content (AvgIpc) is 0.740. The van der Waals surface area contributed by atoms with Crippen molar-refractivity contribution in [3.8, 4) is 22.3 Å². The molecule has 4 nitrogen and oxygen atoms in total. The molecule has 0 N–H and O–H groups in total. The van der Waals surface area contributed by atoms with Crippen LogP contribution >= 0.6 is 31.7 Å². The number of rotatable bonds is 14. The monoisotopic (exact) mass is 1450 g/mol. The summed E-state index contributed by atoms with van der Waals surface area (Å²) < 4.78 is 34.0. The summed E-state index contributed by atoms with van der Waals surface area (Å²) in [5, 5.41) is 26.7. The molecule has 16 aromatic rings. The minimum absolute atomic E-state index is 0. The van der Waals surface area contributed by atoms with Crippen LogP contribution in [0.1, 0.15) is 0 Å². The van der Waals surface area contributed by atoms with Gasteiger partial charge in [-0.1, -0.05) is 388 Å². The maximum absolute atomic E-state index is 8.49. The van der Waals surface area contributed by atoms with Crippen LogP contribution in [0.15, 0.2) is 388 Å². The van der Waals surface area contributed by atoms with Gasteiger partial charge in [-0.15, -0.1) is 10.2 Å². The molecule has 0 aromatic heterocycles. The second kappa shape index (κ2) is 31.7. The summed E-state index contributed by atoms with van der Waals surface area (Å²) >= 11 is 0. The molecule has 0 aliphatic rings. The number of hydrogen-bond donors (Lipinski definition) is 0. The number of benzene rings is 16. The summed E-state index contributed by atoms with van der Waals surface area (Å²) in [7, 11) is -8.35. The molecule has 0 bridgehead atoms. The predicted octanol–water partition coefficient (Wildman–Crippen LogP) is 13.6. The van der Waals surface area contributed by atoms with Gasteiger partial charge in [0.25, 0.3) is 0 Å². The minimum atomic E-state index is -4.94. The van der Waals surface area contributed by atoms with E-state index in [9.17, 15) is 0 Å². The van der Waals surface area contributed by atoms with Crippen molar-refractivity contribution in [1.29, 1.82) is 0 Å². The number of fused-ring (bicyclic) bond motifs is 4. The van der Waals surface area contributed by atoms with Crippen molar-refractivity contribution in [3.05, 3.63) is 388 Å². The second-order valence-corrected chi connectivity index (χ2v) is 32.6. The first-order valence-electron chi connectivity index (χ1n) is 32.0. The first-order chi connectivity index (χ1) is 47.7. The fraction of sp³-hybridized carbons (Fsp3) is 0. The van der Waals surface area contributed by atoms with Gasteiger partial charge in [0.1, 0.15) is 0 Å². The molecule has 16 rings (SSSR count). The average molecular weight is 1450 g/mol. The molecule has 477 valence electrons. The van der Waals surface area contributed by atoms with E-state index >= 15 is 0 Å². The fourth-order valence-corrected chi connectivity index (χ4v) is 23.1. The SMILES string of the molecule is [O-][Cl+3]([O-])([O-])[O-].[Rh].c1ccc(P(c2ccccc2)c2ccc3ccccc3c2-c2c(P(c3ccccc3)c3ccccc3)ccc3ccccc23)cc1.c1ccc(P(c2ccccc2)c2ccc3ccccc3c2-c2c(P(c3ccccc3)c3ccccc3)ccc3ccccc23)cc1. The van der Waals surface area contributed by atoms with E-state index in [1.54, 1.807) is 0 Å². The molecule has 10 heteroatoms. The van der Waals surface area contributed by atoms with Gasteiger partial charge in [0.2, 0.25) is 0 Å². The van der Waals surface area contributed by atoms with Crippen LogP contribution in [-0.4, -0.2) is 0 Å². The Balaban J connectivity index is 0.000000164. The van der Waals surface area contributed by atoms with Crippen molar-refractivity contribution in [2.24, 2.45) is 0 Å². The van der Waals surface area contributed by atoms with Gasteiger partial charge in [-0.3, -0.25) is 0 Å². The fourth-order valence-electron chi connectivity index (χ4n) is 13.2. The molecule has 0 saturated heterocycles. The van der Waals surface area contributed by atoms with Gasteiger partial charge in [-0.2, -0.15) is 0 Å². The molecule has 1 radical (unpaired) electrons.